The first-order chi connectivity index (χ1) is 12.4. The van der Waals surface area contributed by atoms with E-state index in [0.29, 0.717) is 24.2 Å². The Labute approximate surface area is 149 Å². The Kier molecular flexibility index (Phi) is 4.70. The first-order valence-electron chi connectivity index (χ1n) is 8.18. The number of fused-ring (bicyclic) bond motifs is 1. The van der Waals surface area contributed by atoms with Gasteiger partial charge in [0.1, 0.15) is 12.1 Å². The molecule has 2 heterocycles. The second-order valence-corrected chi connectivity index (χ2v) is 5.88. The van der Waals surface area contributed by atoms with E-state index in [4.69, 9.17) is 4.74 Å². The lowest BCUT2D eigenvalue weighted by Crippen LogP contribution is -2.36. The second-order valence-electron chi connectivity index (χ2n) is 5.88. The summed E-state index contributed by atoms with van der Waals surface area (Å²) < 4.78 is 4.89. The molecule has 1 aromatic carbocycles. The molecule has 1 saturated heterocycles. The highest BCUT2D eigenvalue weighted by molar-refractivity contribution is 6.06. The number of rotatable bonds is 5. The molecule has 0 radical (unpaired) electrons. The maximum atomic E-state index is 12.8. The molecule has 0 spiro atoms. The lowest BCUT2D eigenvalue weighted by Gasteiger charge is -2.21. The smallest absolute Gasteiger partial charge is 0.325 e. The molecule has 0 saturated carbocycles. The van der Waals surface area contributed by atoms with Gasteiger partial charge < -0.3 is 9.64 Å². The number of urea groups is 1. The highest BCUT2D eigenvalue weighted by Gasteiger charge is 2.33. The molecule has 0 bridgehead atoms. The lowest BCUT2D eigenvalue weighted by molar-refractivity contribution is -0.383. The van der Waals surface area contributed by atoms with Crippen molar-refractivity contribution in [3.63, 3.8) is 0 Å². The number of para-hydroxylation sites is 1. The van der Waals surface area contributed by atoms with E-state index in [9.17, 15) is 19.7 Å². The molecule has 0 aliphatic carbocycles. The summed E-state index contributed by atoms with van der Waals surface area (Å²) in [5.74, 6) is -0.463. The lowest BCUT2D eigenvalue weighted by atomic mass is 10.1. The number of nitrogens with zero attached hydrogens (tertiary/aromatic N) is 4. The first kappa shape index (κ1) is 17.6. The minimum Gasteiger partial charge on any atom is -0.465 e. The van der Waals surface area contributed by atoms with E-state index in [0.717, 1.165) is 5.56 Å². The van der Waals surface area contributed by atoms with Crippen LogP contribution in [0.1, 0.15) is 12.5 Å². The average Bonchev–Trinajstić information content (AvgIpc) is 2.94. The Morgan fingerprint density at radius 1 is 1.38 bits per heavy atom. The molecule has 1 aromatic heterocycles. The van der Waals surface area contributed by atoms with Crippen LogP contribution >= 0.6 is 0 Å². The van der Waals surface area contributed by atoms with Crippen LogP contribution in [-0.2, 0) is 9.53 Å². The molecule has 1 aliphatic heterocycles. The largest absolute Gasteiger partial charge is 0.465 e. The predicted molar refractivity (Wildman–Crippen MR) is 94.1 cm³/mol. The molecule has 9 heteroatoms. The molecule has 0 atom stereocenters. The maximum Gasteiger partial charge on any atom is 0.325 e. The number of anilines is 1. The van der Waals surface area contributed by atoms with Gasteiger partial charge in [0.05, 0.1) is 17.2 Å². The molecule has 2 amide bonds. The minimum atomic E-state index is -0.493. The van der Waals surface area contributed by atoms with Gasteiger partial charge in [-0.15, -0.1) is 0 Å². The highest BCUT2D eigenvalue weighted by atomic mass is 16.6. The molecule has 0 unspecified atom stereocenters. The number of benzene rings is 1. The van der Waals surface area contributed by atoms with Crippen molar-refractivity contribution >= 4 is 34.3 Å². The SMILES string of the molecule is CCOC(=O)CN1CCN(c2c(C)cnc3c([N+](=O)[O-])cccc23)C1=O. The van der Waals surface area contributed by atoms with E-state index in [1.54, 1.807) is 26.0 Å². The number of ether oxygens (including phenoxy) is 1. The molecule has 1 fully saturated rings. The van der Waals surface area contributed by atoms with Crippen LogP contribution < -0.4 is 4.90 Å². The van der Waals surface area contributed by atoms with Crippen molar-refractivity contribution in [1.82, 2.24) is 9.88 Å². The Bertz CT molecular complexity index is 898. The summed E-state index contributed by atoms with van der Waals surface area (Å²) in [5.41, 5.74) is 1.42. The summed E-state index contributed by atoms with van der Waals surface area (Å²) in [5, 5.41) is 11.8. The number of pyridine rings is 1. The number of carbonyl (C=O) groups is 2. The third kappa shape index (κ3) is 3.03. The zero-order chi connectivity index (χ0) is 18.8. The maximum absolute atomic E-state index is 12.8. The van der Waals surface area contributed by atoms with Crippen molar-refractivity contribution in [3.8, 4) is 0 Å². The van der Waals surface area contributed by atoms with Gasteiger partial charge in [-0.2, -0.15) is 0 Å². The van der Waals surface area contributed by atoms with Crippen molar-refractivity contribution in [3.05, 3.63) is 40.1 Å². The van der Waals surface area contributed by atoms with Crippen molar-refractivity contribution in [2.24, 2.45) is 0 Å². The average molecular weight is 358 g/mol. The van der Waals surface area contributed by atoms with E-state index < -0.39 is 10.9 Å². The van der Waals surface area contributed by atoms with Gasteiger partial charge in [0.25, 0.3) is 5.69 Å². The molecule has 3 rings (SSSR count). The summed E-state index contributed by atoms with van der Waals surface area (Å²) >= 11 is 0. The number of esters is 1. The summed E-state index contributed by atoms with van der Waals surface area (Å²) in [7, 11) is 0. The molecule has 2 aromatic rings. The number of amides is 2. The van der Waals surface area contributed by atoms with Crippen LogP contribution in [0.15, 0.2) is 24.4 Å². The van der Waals surface area contributed by atoms with Gasteiger partial charge in [0.15, 0.2) is 0 Å². The number of aryl methyl sites for hydroxylation is 1. The fraction of sp³-hybridized carbons (Fsp3) is 0.353. The Morgan fingerprint density at radius 3 is 2.85 bits per heavy atom. The van der Waals surface area contributed by atoms with Crippen molar-refractivity contribution in [2.45, 2.75) is 13.8 Å². The van der Waals surface area contributed by atoms with Gasteiger partial charge in [-0.25, -0.2) is 9.78 Å². The molecule has 26 heavy (non-hydrogen) atoms. The summed E-state index contributed by atoms with van der Waals surface area (Å²) in [6, 6.07) is 4.33. The number of hydrogen-bond donors (Lipinski definition) is 0. The Morgan fingerprint density at radius 2 is 2.15 bits per heavy atom. The van der Waals surface area contributed by atoms with Crippen LogP contribution in [0.4, 0.5) is 16.2 Å². The molecular weight excluding hydrogens is 340 g/mol. The number of nitro groups is 1. The normalized spacial score (nSPS) is 14.2. The van der Waals surface area contributed by atoms with Crippen LogP contribution in [0, 0.1) is 17.0 Å². The Hall–Kier alpha value is -3.23. The molecule has 1 aliphatic rings. The van der Waals surface area contributed by atoms with Crippen molar-refractivity contribution in [2.75, 3.05) is 31.1 Å². The molecule has 9 nitrogen and oxygen atoms in total. The number of aromatic nitrogens is 1. The number of hydrogen-bond acceptors (Lipinski definition) is 6. The highest BCUT2D eigenvalue weighted by Crippen LogP contribution is 2.35. The standard InChI is InChI=1S/C17H18N4O5/c1-3-26-14(22)10-19-7-8-20(17(19)23)16-11(2)9-18-15-12(16)5-4-6-13(15)21(24)25/h4-6,9H,3,7-8,10H2,1-2H3. The van der Waals surface area contributed by atoms with E-state index in [1.165, 1.54) is 22.1 Å². The topological polar surface area (TPSA) is 106 Å². The Balaban J connectivity index is 1.99. The van der Waals surface area contributed by atoms with Crippen LogP contribution in [0.3, 0.4) is 0 Å². The van der Waals surface area contributed by atoms with E-state index in [-0.39, 0.29) is 30.4 Å². The van der Waals surface area contributed by atoms with E-state index >= 15 is 0 Å². The van der Waals surface area contributed by atoms with Crippen LogP contribution in [0.2, 0.25) is 0 Å². The van der Waals surface area contributed by atoms with Crippen LogP contribution in [0.5, 0.6) is 0 Å². The van der Waals surface area contributed by atoms with Crippen molar-refractivity contribution in [1.29, 1.82) is 0 Å². The summed E-state index contributed by atoms with van der Waals surface area (Å²) in [6.07, 6.45) is 1.52. The van der Waals surface area contributed by atoms with Gasteiger partial charge in [0.2, 0.25) is 0 Å². The molecular formula is C17H18N4O5. The van der Waals surface area contributed by atoms with Crippen LogP contribution in [0.25, 0.3) is 10.9 Å². The third-order valence-corrected chi connectivity index (χ3v) is 4.22. The van der Waals surface area contributed by atoms with E-state index in [1.807, 2.05) is 0 Å². The van der Waals surface area contributed by atoms with Gasteiger partial charge in [-0.3, -0.25) is 19.8 Å². The zero-order valence-corrected chi connectivity index (χ0v) is 14.5. The van der Waals surface area contributed by atoms with Gasteiger partial charge in [0, 0.05) is 30.7 Å². The number of carbonyl (C=O) groups excluding carboxylic acids is 2. The fourth-order valence-corrected chi connectivity index (χ4v) is 3.10. The van der Waals surface area contributed by atoms with Crippen molar-refractivity contribution < 1.29 is 19.2 Å². The molecule has 136 valence electrons. The van der Waals surface area contributed by atoms with Gasteiger partial charge >= 0.3 is 12.0 Å². The van der Waals surface area contributed by atoms with E-state index in [2.05, 4.69) is 4.98 Å². The van der Waals surface area contributed by atoms with Gasteiger partial charge in [-0.1, -0.05) is 12.1 Å². The summed E-state index contributed by atoms with van der Waals surface area (Å²) in [4.78, 5) is 42.3. The van der Waals surface area contributed by atoms with Crippen LogP contribution in [-0.4, -0.2) is 53.0 Å². The monoisotopic (exact) mass is 358 g/mol. The van der Waals surface area contributed by atoms with Gasteiger partial charge in [-0.05, 0) is 19.4 Å². The fourth-order valence-electron chi connectivity index (χ4n) is 3.10. The predicted octanol–water partition coefficient (Wildman–Crippen LogP) is 2.26. The first-order valence-corrected chi connectivity index (χ1v) is 8.18. The minimum absolute atomic E-state index is 0.112. The number of non-ortho nitro benzene ring substituents is 1. The quantitative estimate of drug-likeness (QED) is 0.461. The molecule has 0 N–H and O–H groups in total. The summed E-state index contributed by atoms with van der Waals surface area (Å²) in [6.45, 7) is 4.38. The second kappa shape index (κ2) is 6.95. The zero-order valence-electron chi connectivity index (χ0n) is 14.5. The third-order valence-electron chi connectivity index (χ3n) is 4.22. The number of nitro benzene ring substituents is 1.